The Bertz CT molecular complexity index is 217. The van der Waals surface area contributed by atoms with E-state index in [4.69, 9.17) is 5.73 Å². The van der Waals surface area contributed by atoms with Gasteiger partial charge in [-0.15, -0.1) is 0 Å². The first-order chi connectivity index (χ1) is 5.36. The third-order valence-electron chi connectivity index (χ3n) is 2.32. The summed E-state index contributed by atoms with van der Waals surface area (Å²) in [7, 11) is 0. The SMILES string of the molecule is NC1=NCC2CCCC=C2N1. The number of hydrogen-bond donors (Lipinski definition) is 2. The van der Waals surface area contributed by atoms with Crippen molar-refractivity contribution in [2.45, 2.75) is 19.3 Å². The fraction of sp³-hybridized carbons (Fsp3) is 0.625. The Kier molecular flexibility index (Phi) is 1.56. The van der Waals surface area contributed by atoms with E-state index in [0.29, 0.717) is 11.9 Å². The Morgan fingerprint density at radius 3 is 3.45 bits per heavy atom. The minimum absolute atomic E-state index is 0.578. The molecule has 0 saturated carbocycles. The molecule has 3 heteroatoms. The fourth-order valence-corrected chi connectivity index (χ4v) is 1.68. The summed E-state index contributed by atoms with van der Waals surface area (Å²) in [6.07, 6.45) is 5.99. The van der Waals surface area contributed by atoms with Crippen LogP contribution in [0.2, 0.25) is 0 Å². The van der Waals surface area contributed by atoms with Gasteiger partial charge in [-0.25, -0.2) is 0 Å². The molecule has 0 fully saturated rings. The normalized spacial score (nSPS) is 29.6. The van der Waals surface area contributed by atoms with E-state index < -0.39 is 0 Å². The van der Waals surface area contributed by atoms with E-state index in [-0.39, 0.29) is 0 Å². The third-order valence-corrected chi connectivity index (χ3v) is 2.32. The molecule has 1 atom stereocenters. The van der Waals surface area contributed by atoms with E-state index in [1.807, 2.05) is 0 Å². The smallest absolute Gasteiger partial charge is 0.192 e. The van der Waals surface area contributed by atoms with Crippen molar-refractivity contribution >= 4 is 5.96 Å². The van der Waals surface area contributed by atoms with Crippen LogP contribution < -0.4 is 11.1 Å². The van der Waals surface area contributed by atoms with Gasteiger partial charge in [-0.1, -0.05) is 6.08 Å². The summed E-state index contributed by atoms with van der Waals surface area (Å²) in [6, 6.07) is 0. The van der Waals surface area contributed by atoms with E-state index in [9.17, 15) is 0 Å². The van der Waals surface area contributed by atoms with Crippen LogP contribution >= 0.6 is 0 Å². The van der Waals surface area contributed by atoms with Gasteiger partial charge in [0.1, 0.15) is 0 Å². The van der Waals surface area contributed by atoms with Crippen molar-refractivity contribution in [3.63, 3.8) is 0 Å². The molecule has 1 aliphatic heterocycles. The van der Waals surface area contributed by atoms with Crippen LogP contribution in [-0.2, 0) is 0 Å². The van der Waals surface area contributed by atoms with E-state index in [1.165, 1.54) is 25.0 Å². The van der Waals surface area contributed by atoms with E-state index in [2.05, 4.69) is 16.4 Å². The highest BCUT2D eigenvalue weighted by Crippen LogP contribution is 2.24. The Balaban J connectivity index is 2.18. The monoisotopic (exact) mass is 151 g/mol. The van der Waals surface area contributed by atoms with Crippen molar-refractivity contribution in [2.24, 2.45) is 16.6 Å². The van der Waals surface area contributed by atoms with Crippen molar-refractivity contribution in [3.8, 4) is 0 Å². The average Bonchev–Trinajstić information content (AvgIpc) is 2.04. The third kappa shape index (κ3) is 1.23. The van der Waals surface area contributed by atoms with Crippen molar-refractivity contribution in [1.82, 2.24) is 5.32 Å². The Labute approximate surface area is 66.4 Å². The zero-order valence-electron chi connectivity index (χ0n) is 6.51. The van der Waals surface area contributed by atoms with Gasteiger partial charge in [0.15, 0.2) is 5.96 Å². The van der Waals surface area contributed by atoms with Gasteiger partial charge in [-0.05, 0) is 19.3 Å². The van der Waals surface area contributed by atoms with Gasteiger partial charge in [-0.2, -0.15) is 0 Å². The summed E-state index contributed by atoms with van der Waals surface area (Å²) in [6.45, 7) is 0.880. The van der Waals surface area contributed by atoms with Crippen molar-refractivity contribution in [3.05, 3.63) is 11.8 Å². The van der Waals surface area contributed by atoms with Crippen LogP contribution in [0.4, 0.5) is 0 Å². The number of aliphatic imine (C=N–C) groups is 1. The van der Waals surface area contributed by atoms with Crippen LogP contribution in [0, 0.1) is 5.92 Å². The molecule has 0 aromatic rings. The second-order valence-electron chi connectivity index (χ2n) is 3.14. The summed E-state index contributed by atoms with van der Waals surface area (Å²) in [5.74, 6) is 1.20. The van der Waals surface area contributed by atoms with Crippen molar-refractivity contribution < 1.29 is 0 Å². The quantitative estimate of drug-likeness (QED) is 0.532. The fourth-order valence-electron chi connectivity index (χ4n) is 1.68. The number of guanidine groups is 1. The maximum Gasteiger partial charge on any atom is 0.192 e. The summed E-state index contributed by atoms with van der Waals surface area (Å²) in [5, 5.41) is 3.11. The predicted molar refractivity (Wildman–Crippen MR) is 45.0 cm³/mol. The number of rotatable bonds is 0. The topological polar surface area (TPSA) is 50.4 Å². The number of nitrogens with zero attached hydrogens (tertiary/aromatic N) is 1. The lowest BCUT2D eigenvalue weighted by Gasteiger charge is -2.27. The lowest BCUT2D eigenvalue weighted by atomic mass is 9.91. The molecule has 11 heavy (non-hydrogen) atoms. The minimum Gasteiger partial charge on any atom is -0.370 e. The molecule has 0 bridgehead atoms. The van der Waals surface area contributed by atoms with Crippen LogP contribution in [0.25, 0.3) is 0 Å². The Morgan fingerprint density at radius 2 is 2.55 bits per heavy atom. The Morgan fingerprint density at radius 1 is 1.64 bits per heavy atom. The summed E-state index contributed by atoms with van der Waals surface area (Å²) in [5.41, 5.74) is 6.83. The first-order valence-electron chi connectivity index (χ1n) is 4.13. The number of fused-ring (bicyclic) bond motifs is 1. The van der Waals surface area contributed by atoms with Crippen LogP contribution in [0.3, 0.4) is 0 Å². The minimum atomic E-state index is 0.578. The summed E-state index contributed by atoms with van der Waals surface area (Å²) < 4.78 is 0. The molecule has 2 aliphatic rings. The predicted octanol–water partition coefficient (Wildman–Crippen LogP) is 0.588. The number of allylic oxidation sites excluding steroid dienone is 1. The standard InChI is InChI=1S/C8H13N3/c9-8-10-5-6-3-1-2-4-7(6)11-8/h4,6H,1-3,5H2,(H3,9,10,11). The molecular weight excluding hydrogens is 138 g/mol. The van der Waals surface area contributed by atoms with Gasteiger partial charge in [0, 0.05) is 11.6 Å². The first kappa shape index (κ1) is 6.70. The summed E-state index contributed by atoms with van der Waals surface area (Å²) >= 11 is 0. The summed E-state index contributed by atoms with van der Waals surface area (Å²) in [4.78, 5) is 4.16. The van der Waals surface area contributed by atoms with Crippen LogP contribution in [-0.4, -0.2) is 12.5 Å². The van der Waals surface area contributed by atoms with Gasteiger partial charge in [-0.3, -0.25) is 4.99 Å². The van der Waals surface area contributed by atoms with Gasteiger partial charge in [0.05, 0.1) is 6.54 Å². The first-order valence-corrected chi connectivity index (χ1v) is 4.13. The molecule has 0 aromatic heterocycles. The van der Waals surface area contributed by atoms with E-state index in [0.717, 1.165) is 6.54 Å². The second-order valence-corrected chi connectivity index (χ2v) is 3.14. The van der Waals surface area contributed by atoms with E-state index in [1.54, 1.807) is 0 Å². The molecular formula is C8H13N3. The molecule has 3 N–H and O–H groups in total. The molecule has 0 radical (unpaired) electrons. The number of nitrogens with two attached hydrogens (primary N) is 1. The maximum absolute atomic E-state index is 5.54. The largest absolute Gasteiger partial charge is 0.370 e. The second kappa shape index (κ2) is 2.57. The highest BCUT2D eigenvalue weighted by Gasteiger charge is 2.20. The molecule has 0 spiro atoms. The molecule has 0 aromatic carbocycles. The molecule has 1 aliphatic carbocycles. The highest BCUT2D eigenvalue weighted by molar-refractivity contribution is 5.80. The number of nitrogens with one attached hydrogen (secondary N) is 1. The molecule has 2 rings (SSSR count). The zero-order chi connectivity index (χ0) is 7.68. The molecule has 60 valence electrons. The Hall–Kier alpha value is -0.990. The van der Waals surface area contributed by atoms with Gasteiger partial charge in [0.2, 0.25) is 0 Å². The van der Waals surface area contributed by atoms with Crippen molar-refractivity contribution in [2.75, 3.05) is 6.54 Å². The maximum atomic E-state index is 5.54. The van der Waals surface area contributed by atoms with E-state index >= 15 is 0 Å². The van der Waals surface area contributed by atoms with Crippen LogP contribution in [0.1, 0.15) is 19.3 Å². The van der Waals surface area contributed by atoms with Gasteiger partial charge in [0.25, 0.3) is 0 Å². The van der Waals surface area contributed by atoms with Crippen molar-refractivity contribution in [1.29, 1.82) is 0 Å². The zero-order valence-corrected chi connectivity index (χ0v) is 6.51. The van der Waals surface area contributed by atoms with Crippen LogP contribution in [0.15, 0.2) is 16.8 Å². The molecule has 1 unspecified atom stereocenters. The lowest BCUT2D eigenvalue weighted by Crippen LogP contribution is -2.39. The highest BCUT2D eigenvalue weighted by atomic mass is 15.1. The van der Waals surface area contributed by atoms with Gasteiger partial charge < -0.3 is 11.1 Å². The lowest BCUT2D eigenvalue weighted by molar-refractivity contribution is 0.490. The molecule has 0 saturated heterocycles. The van der Waals surface area contributed by atoms with Crippen LogP contribution in [0.5, 0.6) is 0 Å². The molecule has 3 nitrogen and oxygen atoms in total. The number of hydrogen-bond acceptors (Lipinski definition) is 3. The molecule has 0 amide bonds. The van der Waals surface area contributed by atoms with Gasteiger partial charge >= 0.3 is 0 Å². The average molecular weight is 151 g/mol. The molecule has 1 heterocycles.